The van der Waals surface area contributed by atoms with Crippen LogP contribution in [0.4, 0.5) is 4.39 Å². The summed E-state index contributed by atoms with van der Waals surface area (Å²) in [6.45, 7) is 8.26. The summed E-state index contributed by atoms with van der Waals surface area (Å²) in [7, 11) is 0. The number of rotatable bonds is 4. The zero-order chi connectivity index (χ0) is 13.7. The van der Waals surface area contributed by atoms with Gasteiger partial charge in [0.05, 0.1) is 11.6 Å². The molecule has 3 nitrogen and oxygen atoms in total. The maximum Gasteiger partial charge on any atom is 0.124 e. The Labute approximate surface area is 114 Å². The van der Waals surface area contributed by atoms with Crippen molar-refractivity contribution in [2.24, 2.45) is 0 Å². The second kappa shape index (κ2) is 6.65. The van der Waals surface area contributed by atoms with Gasteiger partial charge < -0.3 is 4.90 Å². The largest absolute Gasteiger partial charge is 0.301 e. The fraction of sp³-hybridized carbons (Fsp3) is 0.533. The molecule has 0 spiro atoms. The van der Waals surface area contributed by atoms with Gasteiger partial charge in [0.15, 0.2) is 0 Å². The Kier molecular flexibility index (Phi) is 4.89. The first-order valence-corrected chi connectivity index (χ1v) is 6.85. The van der Waals surface area contributed by atoms with Gasteiger partial charge in [0.2, 0.25) is 0 Å². The lowest BCUT2D eigenvalue weighted by Gasteiger charge is -2.34. The number of nitrogens with zero attached hydrogens (tertiary/aromatic N) is 3. The SMILES string of the molecule is CCCN1CCN(Cc2cc(F)cc(C#N)c2)CC1. The highest BCUT2D eigenvalue weighted by Crippen LogP contribution is 2.13. The minimum absolute atomic E-state index is 0.321. The van der Waals surface area contributed by atoms with E-state index in [0.717, 1.165) is 44.8 Å². The first kappa shape index (κ1) is 14.0. The zero-order valence-electron chi connectivity index (χ0n) is 11.4. The highest BCUT2D eigenvalue weighted by Gasteiger charge is 2.16. The van der Waals surface area contributed by atoms with Crippen LogP contribution in [0.25, 0.3) is 0 Å². The van der Waals surface area contributed by atoms with Crippen LogP contribution >= 0.6 is 0 Å². The van der Waals surface area contributed by atoms with E-state index in [0.29, 0.717) is 5.56 Å². The third-order valence-corrected chi connectivity index (χ3v) is 3.50. The van der Waals surface area contributed by atoms with E-state index in [1.807, 2.05) is 6.07 Å². The van der Waals surface area contributed by atoms with Crippen LogP contribution in [0, 0.1) is 17.1 Å². The highest BCUT2D eigenvalue weighted by atomic mass is 19.1. The van der Waals surface area contributed by atoms with Crippen molar-refractivity contribution in [1.82, 2.24) is 9.80 Å². The average Bonchev–Trinajstić information content (AvgIpc) is 2.40. The first-order chi connectivity index (χ1) is 9.21. The molecular formula is C15H20FN3. The normalized spacial score (nSPS) is 17.3. The predicted octanol–water partition coefficient (Wildman–Crippen LogP) is 2.22. The molecule has 1 aromatic rings. The smallest absolute Gasteiger partial charge is 0.124 e. The summed E-state index contributed by atoms with van der Waals surface area (Å²) in [5.41, 5.74) is 1.29. The molecule has 0 aromatic heterocycles. The molecule has 4 heteroatoms. The van der Waals surface area contributed by atoms with Gasteiger partial charge in [0.1, 0.15) is 5.82 Å². The summed E-state index contributed by atoms with van der Waals surface area (Å²) in [5.74, 6) is -0.321. The molecule has 0 saturated carbocycles. The first-order valence-electron chi connectivity index (χ1n) is 6.85. The lowest BCUT2D eigenvalue weighted by atomic mass is 10.1. The number of piperazine rings is 1. The van der Waals surface area contributed by atoms with Crippen molar-refractivity contribution < 1.29 is 4.39 Å². The third-order valence-electron chi connectivity index (χ3n) is 3.50. The van der Waals surface area contributed by atoms with Crippen molar-refractivity contribution in [3.8, 4) is 6.07 Å². The van der Waals surface area contributed by atoms with Crippen LogP contribution in [0.1, 0.15) is 24.5 Å². The molecule has 0 unspecified atom stereocenters. The lowest BCUT2D eigenvalue weighted by molar-refractivity contribution is 0.127. The van der Waals surface area contributed by atoms with E-state index in [9.17, 15) is 4.39 Å². The number of hydrogen-bond donors (Lipinski definition) is 0. The van der Waals surface area contributed by atoms with Crippen molar-refractivity contribution >= 4 is 0 Å². The standard InChI is InChI=1S/C15H20FN3/c1-2-3-18-4-6-19(7-5-18)12-14-8-13(11-17)9-15(16)10-14/h8-10H,2-7,12H2,1H3. The van der Waals surface area contributed by atoms with E-state index in [2.05, 4.69) is 16.7 Å². The zero-order valence-corrected chi connectivity index (χ0v) is 11.4. The summed E-state index contributed by atoms with van der Waals surface area (Å²) in [6, 6.07) is 6.59. The van der Waals surface area contributed by atoms with E-state index < -0.39 is 0 Å². The molecule has 1 aliphatic rings. The topological polar surface area (TPSA) is 30.3 Å². The van der Waals surface area contributed by atoms with Crippen LogP contribution in [-0.4, -0.2) is 42.5 Å². The summed E-state index contributed by atoms with van der Waals surface area (Å²) < 4.78 is 13.4. The molecule has 0 atom stereocenters. The van der Waals surface area contributed by atoms with E-state index in [4.69, 9.17) is 5.26 Å². The molecule has 19 heavy (non-hydrogen) atoms. The molecule has 0 aliphatic carbocycles. The van der Waals surface area contributed by atoms with Crippen LogP contribution in [0.5, 0.6) is 0 Å². The second-order valence-electron chi connectivity index (χ2n) is 5.08. The second-order valence-corrected chi connectivity index (χ2v) is 5.08. The van der Waals surface area contributed by atoms with Crippen LogP contribution in [0.2, 0.25) is 0 Å². The Morgan fingerprint density at radius 1 is 1.16 bits per heavy atom. The fourth-order valence-corrected chi connectivity index (χ4v) is 2.55. The molecule has 0 bridgehead atoms. The maximum atomic E-state index is 13.4. The van der Waals surface area contributed by atoms with Crippen molar-refractivity contribution in [2.75, 3.05) is 32.7 Å². The predicted molar refractivity (Wildman–Crippen MR) is 73.1 cm³/mol. The maximum absolute atomic E-state index is 13.4. The van der Waals surface area contributed by atoms with Crippen molar-refractivity contribution in [3.63, 3.8) is 0 Å². The minimum atomic E-state index is -0.321. The summed E-state index contributed by atoms with van der Waals surface area (Å²) in [6.07, 6.45) is 1.19. The van der Waals surface area contributed by atoms with Crippen molar-refractivity contribution in [3.05, 3.63) is 35.1 Å². The fourth-order valence-electron chi connectivity index (χ4n) is 2.55. The minimum Gasteiger partial charge on any atom is -0.301 e. The molecule has 1 heterocycles. The molecule has 0 radical (unpaired) electrons. The molecule has 0 N–H and O–H groups in total. The van der Waals surface area contributed by atoms with Gasteiger partial charge >= 0.3 is 0 Å². The van der Waals surface area contributed by atoms with E-state index in [1.165, 1.54) is 18.6 Å². The molecule has 2 rings (SSSR count). The van der Waals surface area contributed by atoms with Gasteiger partial charge in [-0.3, -0.25) is 4.90 Å². The van der Waals surface area contributed by atoms with E-state index in [-0.39, 0.29) is 5.82 Å². The van der Waals surface area contributed by atoms with Gasteiger partial charge in [-0.2, -0.15) is 5.26 Å². The van der Waals surface area contributed by atoms with Crippen LogP contribution in [0.15, 0.2) is 18.2 Å². The Balaban J connectivity index is 1.92. The molecule has 1 fully saturated rings. The van der Waals surface area contributed by atoms with Crippen LogP contribution in [-0.2, 0) is 6.54 Å². The Morgan fingerprint density at radius 3 is 2.47 bits per heavy atom. The molecule has 1 saturated heterocycles. The van der Waals surface area contributed by atoms with Crippen molar-refractivity contribution in [2.45, 2.75) is 19.9 Å². The Hall–Kier alpha value is -1.44. The number of benzene rings is 1. The number of nitriles is 1. The molecule has 1 aliphatic heterocycles. The van der Waals surface area contributed by atoms with Crippen LogP contribution in [0.3, 0.4) is 0 Å². The van der Waals surface area contributed by atoms with Gasteiger partial charge in [-0.25, -0.2) is 4.39 Å². The number of hydrogen-bond acceptors (Lipinski definition) is 3. The van der Waals surface area contributed by atoms with E-state index >= 15 is 0 Å². The van der Waals surface area contributed by atoms with Gasteiger partial charge in [-0.05, 0) is 36.7 Å². The molecule has 102 valence electrons. The highest BCUT2D eigenvalue weighted by molar-refractivity contribution is 5.33. The summed E-state index contributed by atoms with van der Waals surface area (Å²) in [5, 5.41) is 8.85. The van der Waals surface area contributed by atoms with Gasteiger partial charge in [0, 0.05) is 32.7 Å². The monoisotopic (exact) mass is 261 g/mol. The third kappa shape index (κ3) is 4.02. The summed E-state index contributed by atoms with van der Waals surface area (Å²) in [4.78, 5) is 4.78. The van der Waals surface area contributed by atoms with Crippen LogP contribution < -0.4 is 0 Å². The summed E-state index contributed by atoms with van der Waals surface area (Å²) >= 11 is 0. The Morgan fingerprint density at radius 2 is 1.84 bits per heavy atom. The average molecular weight is 261 g/mol. The molecule has 0 amide bonds. The van der Waals surface area contributed by atoms with Gasteiger partial charge in [-0.15, -0.1) is 0 Å². The van der Waals surface area contributed by atoms with E-state index in [1.54, 1.807) is 6.07 Å². The van der Waals surface area contributed by atoms with Crippen molar-refractivity contribution in [1.29, 1.82) is 5.26 Å². The number of halogens is 1. The van der Waals surface area contributed by atoms with Gasteiger partial charge in [-0.1, -0.05) is 6.92 Å². The van der Waals surface area contributed by atoms with Gasteiger partial charge in [0.25, 0.3) is 0 Å². The Bertz CT molecular complexity index is 459. The quantitative estimate of drug-likeness (QED) is 0.832. The molecule has 1 aromatic carbocycles. The molecular weight excluding hydrogens is 241 g/mol. The lowest BCUT2D eigenvalue weighted by Crippen LogP contribution is -2.45.